The Morgan fingerprint density at radius 2 is 2.12 bits per heavy atom. The minimum atomic E-state index is -0.0490. The molecule has 1 aliphatic heterocycles. The number of carbonyl (C=O) groups is 1. The van der Waals surface area contributed by atoms with Crippen LogP contribution in [0.15, 0.2) is 53.4 Å². The van der Waals surface area contributed by atoms with Crippen LogP contribution < -0.4 is 15.4 Å². The fourth-order valence-corrected chi connectivity index (χ4v) is 3.54. The van der Waals surface area contributed by atoms with Gasteiger partial charge in [-0.15, -0.1) is 11.8 Å². The summed E-state index contributed by atoms with van der Waals surface area (Å²) in [7, 11) is 1.68. The lowest BCUT2D eigenvalue weighted by molar-refractivity contribution is -0.117. The Labute approximate surface area is 147 Å². The summed E-state index contributed by atoms with van der Waals surface area (Å²) in [6, 6.07) is 16.1. The van der Waals surface area contributed by atoms with Crippen LogP contribution in [0.3, 0.4) is 0 Å². The number of hydrogen-bond donors (Lipinski definition) is 2. The molecule has 1 fully saturated rings. The van der Waals surface area contributed by atoms with Crippen molar-refractivity contribution in [3.63, 3.8) is 0 Å². The molecule has 0 saturated carbocycles. The lowest BCUT2D eigenvalue weighted by atomic mass is 10.2. The van der Waals surface area contributed by atoms with Crippen molar-refractivity contribution in [1.82, 2.24) is 5.32 Å². The van der Waals surface area contributed by atoms with Crippen LogP contribution in [0, 0.1) is 0 Å². The molecule has 3 rings (SSSR count). The van der Waals surface area contributed by atoms with Gasteiger partial charge in [-0.1, -0.05) is 12.1 Å². The number of amides is 1. The largest absolute Gasteiger partial charge is 0.497 e. The van der Waals surface area contributed by atoms with Crippen LogP contribution >= 0.6 is 11.8 Å². The third kappa shape index (κ3) is 4.52. The highest BCUT2D eigenvalue weighted by molar-refractivity contribution is 7.98. The Morgan fingerprint density at radius 3 is 2.83 bits per heavy atom. The van der Waals surface area contributed by atoms with E-state index in [-0.39, 0.29) is 11.9 Å². The van der Waals surface area contributed by atoms with Gasteiger partial charge in [0, 0.05) is 16.3 Å². The van der Waals surface area contributed by atoms with E-state index in [2.05, 4.69) is 22.8 Å². The fraction of sp³-hybridized carbons (Fsp3) is 0.316. The third-order valence-corrected chi connectivity index (χ3v) is 5.12. The predicted molar refractivity (Wildman–Crippen MR) is 98.7 cm³/mol. The summed E-state index contributed by atoms with van der Waals surface area (Å²) in [4.78, 5) is 13.3. The molecule has 1 atom stereocenters. The zero-order valence-corrected chi connectivity index (χ0v) is 14.6. The van der Waals surface area contributed by atoms with Crippen molar-refractivity contribution in [3.05, 3.63) is 54.1 Å². The molecule has 1 aliphatic rings. The molecule has 0 radical (unpaired) electrons. The van der Waals surface area contributed by atoms with Crippen molar-refractivity contribution in [2.24, 2.45) is 0 Å². The minimum Gasteiger partial charge on any atom is -0.497 e. The summed E-state index contributed by atoms with van der Waals surface area (Å²) in [5.41, 5.74) is 2.07. The third-order valence-electron chi connectivity index (χ3n) is 4.04. The van der Waals surface area contributed by atoms with Gasteiger partial charge >= 0.3 is 0 Å². The summed E-state index contributed by atoms with van der Waals surface area (Å²) in [6.45, 7) is 0.929. The molecular weight excluding hydrogens is 320 g/mol. The number of hydrogen-bond acceptors (Lipinski definition) is 4. The summed E-state index contributed by atoms with van der Waals surface area (Å²) < 4.78 is 5.25. The molecule has 0 bridgehead atoms. The van der Waals surface area contributed by atoms with E-state index in [0.717, 1.165) is 36.6 Å². The molecule has 1 saturated heterocycles. The van der Waals surface area contributed by atoms with E-state index >= 15 is 0 Å². The molecule has 1 amide bonds. The van der Waals surface area contributed by atoms with Gasteiger partial charge in [0.15, 0.2) is 0 Å². The number of nitrogens with one attached hydrogen (secondary N) is 2. The Kier molecular flexibility index (Phi) is 5.77. The van der Waals surface area contributed by atoms with Gasteiger partial charge in [-0.05, 0) is 61.3 Å². The van der Waals surface area contributed by atoms with Gasteiger partial charge in [0.25, 0.3) is 0 Å². The predicted octanol–water partition coefficient (Wildman–Crippen LogP) is 3.68. The van der Waals surface area contributed by atoms with E-state index in [4.69, 9.17) is 4.74 Å². The topological polar surface area (TPSA) is 50.4 Å². The zero-order chi connectivity index (χ0) is 16.8. The molecule has 1 heterocycles. The molecule has 2 N–H and O–H groups in total. The summed E-state index contributed by atoms with van der Waals surface area (Å²) in [6.07, 6.45) is 1.98. The highest BCUT2D eigenvalue weighted by Gasteiger charge is 2.21. The van der Waals surface area contributed by atoms with Crippen LogP contribution in [0.25, 0.3) is 0 Å². The lowest BCUT2D eigenvalue weighted by Gasteiger charge is -2.11. The van der Waals surface area contributed by atoms with E-state index in [1.165, 1.54) is 10.5 Å². The van der Waals surface area contributed by atoms with Crippen molar-refractivity contribution in [1.29, 1.82) is 0 Å². The second-order valence-corrected chi connectivity index (χ2v) is 6.85. The second-order valence-electron chi connectivity index (χ2n) is 5.80. The van der Waals surface area contributed by atoms with Gasteiger partial charge in [-0.25, -0.2) is 0 Å². The molecule has 1 unspecified atom stereocenters. The molecule has 0 aliphatic carbocycles. The van der Waals surface area contributed by atoms with E-state index in [9.17, 15) is 4.79 Å². The van der Waals surface area contributed by atoms with Crippen LogP contribution in [0.1, 0.15) is 18.4 Å². The highest BCUT2D eigenvalue weighted by Crippen LogP contribution is 2.26. The SMILES string of the molecule is COc1cccc(CSc2ccc(NC(=O)C3CCCN3)cc2)c1. The molecule has 126 valence electrons. The van der Waals surface area contributed by atoms with Crippen molar-refractivity contribution >= 4 is 23.4 Å². The van der Waals surface area contributed by atoms with Gasteiger partial charge in [-0.2, -0.15) is 0 Å². The Balaban J connectivity index is 1.53. The van der Waals surface area contributed by atoms with Gasteiger partial charge < -0.3 is 15.4 Å². The van der Waals surface area contributed by atoms with Crippen molar-refractivity contribution in [2.45, 2.75) is 29.5 Å². The maximum atomic E-state index is 12.1. The normalized spacial score (nSPS) is 16.8. The maximum absolute atomic E-state index is 12.1. The van der Waals surface area contributed by atoms with Crippen molar-refractivity contribution in [3.8, 4) is 5.75 Å². The average molecular weight is 342 g/mol. The van der Waals surface area contributed by atoms with Gasteiger partial charge in [-0.3, -0.25) is 4.79 Å². The Morgan fingerprint density at radius 1 is 1.29 bits per heavy atom. The van der Waals surface area contributed by atoms with Crippen LogP contribution in [0.4, 0.5) is 5.69 Å². The molecule has 5 heteroatoms. The summed E-state index contributed by atoms with van der Waals surface area (Å²) in [5, 5.41) is 6.18. The molecule has 2 aromatic carbocycles. The van der Waals surface area contributed by atoms with Gasteiger partial charge in [0.1, 0.15) is 5.75 Å². The van der Waals surface area contributed by atoms with Gasteiger partial charge in [0.2, 0.25) is 5.91 Å². The number of benzene rings is 2. The van der Waals surface area contributed by atoms with Crippen LogP contribution in [-0.4, -0.2) is 25.6 Å². The summed E-state index contributed by atoms with van der Waals surface area (Å²) >= 11 is 1.77. The van der Waals surface area contributed by atoms with E-state index < -0.39 is 0 Å². The van der Waals surface area contributed by atoms with E-state index in [1.807, 2.05) is 36.4 Å². The van der Waals surface area contributed by atoms with Crippen LogP contribution in [-0.2, 0) is 10.5 Å². The maximum Gasteiger partial charge on any atom is 0.241 e. The molecule has 0 spiro atoms. The molecular formula is C19H22N2O2S. The second kappa shape index (κ2) is 8.22. The first-order chi connectivity index (χ1) is 11.7. The highest BCUT2D eigenvalue weighted by atomic mass is 32.2. The molecule has 2 aromatic rings. The zero-order valence-electron chi connectivity index (χ0n) is 13.7. The van der Waals surface area contributed by atoms with E-state index in [0.29, 0.717) is 0 Å². The van der Waals surface area contributed by atoms with Crippen molar-refractivity contribution in [2.75, 3.05) is 19.0 Å². The molecule has 24 heavy (non-hydrogen) atoms. The fourth-order valence-electron chi connectivity index (χ4n) is 2.70. The Bertz CT molecular complexity index is 682. The first-order valence-corrected chi connectivity index (χ1v) is 9.13. The average Bonchev–Trinajstić information content (AvgIpc) is 3.16. The number of ether oxygens (including phenoxy) is 1. The monoisotopic (exact) mass is 342 g/mol. The first kappa shape index (κ1) is 16.9. The van der Waals surface area contributed by atoms with E-state index in [1.54, 1.807) is 18.9 Å². The number of rotatable bonds is 6. The number of carbonyl (C=O) groups excluding carboxylic acids is 1. The standard InChI is InChI=1S/C19H22N2O2S/c1-23-16-5-2-4-14(12-16)13-24-17-9-7-15(8-10-17)21-19(22)18-6-3-11-20-18/h2,4-5,7-10,12,18,20H,3,6,11,13H2,1H3,(H,21,22). The first-order valence-electron chi connectivity index (χ1n) is 8.14. The molecule has 4 nitrogen and oxygen atoms in total. The Hall–Kier alpha value is -1.98. The van der Waals surface area contributed by atoms with Crippen LogP contribution in [0.2, 0.25) is 0 Å². The number of methoxy groups -OCH3 is 1. The smallest absolute Gasteiger partial charge is 0.241 e. The molecule has 0 aromatic heterocycles. The quantitative estimate of drug-likeness (QED) is 0.786. The number of thioether (sulfide) groups is 1. The van der Waals surface area contributed by atoms with Crippen LogP contribution in [0.5, 0.6) is 5.75 Å². The van der Waals surface area contributed by atoms with Gasteiger partial charge in [0.05, 0.1) is 13.2 Å². The minimum absolute atomic E-state index is 0.0490. The summed E-state index contributed by atoms with van der Waals surface area (Å²) in [5.74, 6) is 1.82. The lowest BCUT2D eigenvalue weighted by Crippen LogP contribution is -2.35. The number of anilines is 1. The van der Waals surface area contributed by atoms with Crippen molar-refractivity contribution < 1.29 is 9.53 Å².